The summed E-state index contributed by atoms with van der Waals surface area (Å²) in [5, 5.41) is 3.73. The van der Waals surface area contributed by atoms with Crippen molar-refractivity contribution in [1.29, 1.82) is 0 Å². The van der Waals surface area contributed by atoms with Crippen molar-refractivity contribution >= 4 is 22.8 Å². The van der Waals surface area contributed by atoms with Gasteiger partial charge in [-0.3, -0.25) is 4.79 Å². The van der Waals surface area contributed by atoms with Crippen molar-refractivity contribution in [2.75, 3.05) is 6.61 Å². The standard InChI is InChI=1S/C21H22N2O4/c1-13-4-6-18-16(9-13)17-10-14(5-7-19(17)23-18)21(25)27-12-20(24)22-11-15-3-2-8-26-15/h2-3,5,7-8,10,13,23H,4,6,9,11-12H2,1H3,(H,22,24)/t13-/m0/s1. The molecule has 0 aliphatic heterocycles. The van der Waals surface area contributed by atoms with Gasteiger partial charge in [0.15, 0.2) is 6.61 Å². The van der Waals surface area contributed by atoms with Gasteiger partial charge in [-0.15, -0.1) is 0 Å². The van der Waals surface area contributed by atoms with Gasteiger partial charge in [0.25, 0.3) is 5.91 Å². The third-order valence-corrected chi connectivity index (χ3v) is 5.04. The van der Waals surface area contributed by atoms with Crippen LogP contribution < -0.4 is 5.32 Å². The molecule has 140 valence electrons. The molecule has 1 aromatic carbocycles. The van der Waals surface area contributed by atoms with Crippen LogP contribution in [0.2, 0.25) is 0 Å². The Labute approximate surface area is 156 Å². The van der Waals surface area contributed by atoms with Gasteiger partial charge in [0, 0.05) is 16.6 Å². The topological polar surface area (TPSA) is 84.3 Å². The summed E-state index contributed by atoms with van der Waals surface area (Å²) in [6, 6.07) is 9.02. The first kappa shape index (κ1) is 17.4. The quantitative estimate of drug-likeness (QED) is 0.678. The molecule has 1 amide bonds. The summed E-state index contributed by atoms with van der Waals surface area (Å²) < 4.78 is 10.3. The van der Waals surface area contributed by atoms with Gasteiger partial charge in [-0.25, -0.2) is 4.79 Å². The molecule has 1 aliphatic rings. The van der Waals surface area contributed by atoms with Crippen molar-refractivity contribution < 1.29 is 18.7 Å². The van der Waals surface area contributed by atoms with Gasteiger partial charge >= 0.3 is 5.97 Å². The molecule has 6 nitrogen and oxygen atoms in total. The molecule has 27 heavy (non-hydrogen) atoms. The Balaban J connectivity index is 1.40. The highest BCUT2D eigenvalue weighted by atomic mass is 16.5. The number of ether oxygens (including phenoxy) is 1. The molecule has 0 radical (unpaired) electrons. The van der Waals surface area contributed by atoms with Gasteiger partial charge < -0.3 is 19.5 Å². The minimum Gasteiger partial charge on any atom is -0.467 e. The van der Waals surface area contributed by atoms with Crippen molar-refractivity contribution in [2.24, 2.45) is 5.92 Å². The maximum absolute atomic E-state index is 12.3. The number of carbonyl (C=O) groups excluding carboxylic acids is 2. The highest BCUT2D eigenvalue weighted by Crippen LogP contribution is 2.32. The number of nitrogens with one attached hydrogen (secondary N) is 2. The zero-order chi connectivity index (χ0) is 18.8. The minimum absolute atomic E-state index is 0.267. The summed E-state index contributed by atoms with van der Waals surface area (Å²) in [4.78, 5) is 27.6. The van der Waals surface area contributed by atoms with Crippen LogP contribution in [0.3, 0.4) is 0 Å². The fourth-order valence-electron chi connectivity index (χ4n) is 3.58. The molecule has 4 rings (SSSR count). The number of aromatic amines is 1. The summed E-state index contributed by atoms with van der Waals surface area (Å²) in [6.07, 6.45) is 4.78. The molecule has 2 N–H and O–H groups in total. The molecule has 0 saturated heterocycles. The number of aromatic nitrogens is 1. The van der Waals surface area contributed by atoms with Crippen LogP contribution in [0.1, 0.15) is 40.7 Å². The van der Waals surface area contributed by atoms with Crippen LogP contribution >= 0.6 is 0 Å². The average molecular weight is 366 g/mol. The lowest BCUT2D eigenvalue weighted by atomic mass is 9.87. The Kier molecular flexibility index (Phi) is 4.71. The average Bonchev–Trinajstić information content (AvgIpc) is 3.31. The molecule has 2 heterocycles. The Bertz CT molecular complexity index is 972. The largest absolute Gasteiger partial charge is 0.467 e. The maximum Gasteiger partial charge on any atom is 0.338 e. The molecule has 1 atom stereocenters. The maximum atomic E-state index is 12.3. The highest BCUT2D eigenvalue weighted by Gasteiger charge is 2.21. The lowest BCUT2D eigenvalue weighted by Crippen LogP contribution is -2.28. The number of hydrogen-bond acceptors (Lipinski definition) is 4. The zero-order valence-corrected chi connectivity index (χ0v) is 15.2. The molecule has 6 heteroatoms. The number of H-pyrrole nitrogens is 1. The zero-order valence-electron chi connectivity index (χ0n) is 15.2. The number of esters is 1. The van der Waals surface area contributed by atoms with Crippen LogP contribution in [0.4, 0.5) is 0 Å². The number of rotatable bonds is 5. The molecule has 0 spiro atoms. The van der Waals surface area contributed by atoms with E-state index in [9.17, 15) is 9.59 Å². The molecule has 0 unspecified atom stereocenters. The fraction of sp³-hybridized carbons (Fsp3) is 0.333. The van der Waals surface area contributed by atoms with E-state index >= 15 is 0 Å². The minimum atomic E-state index is -0.496. The summed E-state index contributed by atoms with van der Waals surface area (Å²) in [6.45, 7) is 2.20. The van der Waals surface area contributed by atoms with E-state index in [4.69, 9.17) is 9.15 Å². The molecule has 1 aliphatic carbocycles. The highest BCUT2D eigenvalue weighted by molar-refractivity contribution is 5.97. The summed E-state index contributed by atoms with van der Waals surface area (Å²) in [5.74, 6) is 0.425. The van der Waals surface area contributed by atoms with Crippen LogP contribution in [0.15, 0.2) is 41.0 Å². The van der Waals surface area contributed by atoms with Crippen molar-refractivity contribution in [2.45, 2.75) is 32.7 Å². The van der Waals surface area contributed by atoms with E-state index in [-0.39, 0.29) is 19.1 Å². The second-order valence-corrected chi connectivity index (χ2v) is 7.12. The fourth-order valence-corrected chi connectivity index (χ4v) is 3.58. The van der Waals surface area contributed by atoms with E-state index in [0.29, 0.717) is 17.2 Å². The Morgan fingerprint density at radius 2 is 2.22 bits per heavy atom. The number of amides is 1. The number of hydrogen-bond donors (Lipinski definition) is 2. The predicted molar refractivity (Wildman–Crippen MR) is 100 cm³/mol. The second kappa shape index (κ2) is 7.31. The summed E-state index contributed by atoms with van der Waals surface area (Å²) in [5.41, 5.74) is 4.07. The molecular formula is C21H22N2O4. The summed E-state index contributed by atoms with van der Waals surface area (Å²) in [7, 11) is 0. The summed E-state index contributed by atoms with van der Waals surface area (Å²) >= 11 is 0. The molecular weight excluding hydrogens is 344 g/mol. The lowest BCUT2D eigenvalue weighted by Gasteiger charge is -2.18. The van der Waals surface area contributed by atoms with Gasteiger partial charge in [0.2, 0.25) is 0 Å². The predicted octanol–water partition coefficient (Wildman–Crippen LogP) is 3.36. The Morgan fingerprint density at radius 1 is 1.33 bits per heavy atom. The SMILES string of the molecule is C[C@H]1CCc2[nH]c3ccc(C(=O)OCC(=O)NCc4ccco4)cc3c2C1. The van der Waals surface area contributed by atoms with Crippen molar-refractivity contribution in [3.63, 3.8) is 0 Å². The molecule has 2 aromatic heterocycles. The van der Waals surface area contributed by atoms with Crippen LogP contribution in [0.5, 0.6) is 0 Å². The van der Waals surface area contributed by atoms with E-state index in [1.807, 2.05) is 12.1 Å². The second-order valence-electron chi connectivity index (χ2n) is 7.12. The van der Waals surface area contributed by atoms with Crippen LogP contribution in [-0.4, -0.2) is 23.5 Å². The van der Waals surface area contributed by atoms with Crippen LogP contribution in [0, 0.1) is 5.92 Å². The normalized spacial score (nSPS) is 16.1. The van der Waals surface area contributed by atoms with E-state index in [2.05, 4.69) is 17.2 Å². The third-order valence-electron chi connectivity index (χ3n) is 5.04. The van der Waals surface area contributed by atoms with Gasteiger partial charge in [-0.05, 0) is 61.1 Å². The van der Waals surface area contributed by atoms with Crippen molar-refractivity contribution in [3.05, 3.63) is 59.2 Å². The Hall–Kier alpha value is -3.02. The number of furan rings is 1. The third kappa shape index (κ3) is 3.74. The van der Waals surface area contributed by atoms with Gasteiger partial charge in [0.1, 0.15) is 5.76 Å². The van der Waals surface area contributed by atoms with Crippen molar-refractivity contribution in [1.82, 2.24) is 10.3 Å². The number of carbonyl (C=O) groups is 2. The Morgan fingerprint density at radius 3 is 3.04 bits per heavy atom. The van der Waals surface area contributed by atoms with E-state index in [0.717, 1.165) is 23.7 Å². The first-order chi connectivity index (χ1) is 13.1. The molecule has 0 bridgehead atoms. The first-order valence-electron chi connectivity index (χ1n) is 9.20. The molecule has 0 fully saturated rings. The van der Waals surface area contributed by atoms with Crippen LogP contribution in [0.25, 0.3) is 10.9 Å². The van der Waals surface area contributed by atoms with Crippen LogP contribution in [-0.2, 0) is 28.9 Å². The van der Waals surface area contributed by atoms with Gasteiger partial charge in [0.05, 0.1) is 18.4 Å². The van der Waals surface area contributed by atoms with E-state index in [1.165, 1.54) is 23.9 Å². The van der Waals surface area contributed by atoms with Gasteiger partial charge in [-0.1, -0.05) is 6.92 Å². The lowest BCUT2D eigenvalue weighted by molar-refractivity contribution is -0.124. The monoisotopic (exact) mass is 366 g/mol. The smallest absolute Gasteiger partial charge is 0.338 e. The molecule has 3 aromatic rings. The van der Waals surface area contributed by atoms with E-state index < -0.39 is 5.97 Å². The van der Waals surface area contributed by atoms with Crippen molar-refractivity contribution in [3.8, 4) is 0 Å². The number of benzene rings is 1. The van der Waals surface area contributed by atoms with Gasteiger partial charge in [-0.2, -0.15) is 0 Å². The van der Waals surface area contributed by atoms with E-state index in [1.54, 1.807) is 18.2 Å². The number of aryl methyl sites for hydroxylation is 1. The number of fused-ring (bicyclic) bond motifs is 3. The molecule has 0 saturated carbocycles. The first-order valence-corrected chi connectivity index (χ1v) is 9.20.